The molecule has 0 bridgehead atoms. The first-order valence-electron chi connectivity index (χ1n) is 10.5. The van der Waals surface area contributed by atoms with Gasteiger partial charge >= 0.3 is 0 Å². The number of piperidine rings is 1. The minimum absolute atomic E-state index is 0.00949. The summed E-state index contributed by atoms with van der Waals surface area (Å²) in [7, 11) is -1.77. The molecule has 0 spiro atoms. The molecule has 31 heavy (non-hydrogen) atoms. The van der Waals surface area contributed by atoms with Crippen LogP contribution in [0.2, 0.25) is 0 Å². The van der Waals surface area contributed by atoms with E-state index in [0.717, 1.165) is 11.3 Å². The summed E-state index contributed by atoms with van der Waals surface area (Å²) >= 11 is 0. The second kappa shape index (κ2) is 10.6. The van der Waals surface area contributed by atoms with Crippen LogP contribution in [0, 0.1) is 5.92 Å². The van der Waals surface area contributed by atoms with Gasteiger partial charge in [-0.1, -0.05) is 30.3 Å². The number of nitrogens with zero attached hydrogens (tertiary/aromatic N) is 1. The van der Waals surface area contributed by atoms with Gasteiger partial charge in [-0.2, -0.15) is 0 Å². The number of amides is 1. The molecule has 1 aliphatic rings. The van der Waals surface area contributed by atoms with Crippen LogP contribution in [-0.4, -0.2) is 51.5 Å². The highest BCUT2D eigenvalue weighted by molar-refractivity contribution is 7.88. The van der Waals surface area contributed by atoms with Crippen LogP contribution in [0.3, 0.4) is 0 Å². The van der Waals surface area contributed by atoms with E-state index in [9.17, 15) is 13.2 Å². The zero-order valence-corrected chi connectivity index (χ0v) is 18.8. The van der Waals surface area contributed by atoms with Crippen molar-refractivity contribution in [1.29, 1.82) is 0 Å². The molecule has 1 fully saturated rings. The smallest absolute Gasteiger partial charge is 0.223 e. The van der Waals surface area contributed by atoms with Crippen LogP contribution in [0.5, 0.6) is 11.5 Å². The molecule has 0 aliphatic carbocycles. The number of carbonyl (C=O) groups is 1. The molecule has 8 heteroatoms. The summed E-state index contributed by atoms with van der Waals surface area (Å²) in [5.74, 6) is 1.21. The first-order valence-corrected chi connectivity index (χ1v) is 12.1. The summed E-state index contributed by atoms with van der Waals surface area (Å²) in [6, 6.07) is 16.3. The van der Waals surface area contributed by atoms with Crippen LogP contribution >= 0.6 is 0 Å². The Morgan fingerprint density at radius 2 is 1.68 bits per heavy atom. The van der Waals surface area contributed by atoms with E-state index in [2.05, 4.69) is 5.32 Å². The van der Waals surface area contributed by atoms with Gasteiger partial charge in [0.25, 0.3) is 0 Å². The molecule has 1 atom stereocenters. The normalized spacial score (nSPS) is 16.5. The van der Waals surface area contributed by atoms with Crippen LogP contribution in [0.15, 0.2) is 54.6 Å². The molecule has 0 radical (unpaired) electrons. The SMILES string of the molecule is COc1ccc(OCC(C)NC(=O)C2CCN(S(=O)(=O)Cc3ccccc3)CC2)cc1. The van der Waals surface area contributed by atoms with Gasteiger partial charge in [0.05, 0.1) is 18.9 Å². The quantitative estimate of drug-likeness (QED) is 0.640. The fourth-order valence-electron chi connectivity index (χ4n) is 3.57. The number of ether oxygens (including phenoxy) is 2. The van der Waals surface area contributed by atoms with Crippen molar-refractivity contribution in [3.63, 3.8) is 0 Å². The standard InChI is InChI=1S/C23H30N2O5S/c1-18(16-30-22-10-8-21(29-2)9-11-22)24-23(26)20-12-14-25(15-13-20)31(27,28)17-19-6-4-3-5-7-19/h3-11,18,20H,12-17H2,1-2H3,(H,24,26). The lowest BCUT2D eigenvalue weighted by Crippen LogP contribution is -2.46. The Kier molecular flexibility index (Phi) is 7.92. The maximum Gasteiger partial charge on any atom is 0.223 e. The molecule has 2 aromatic carbocycles. The summed E-state index contributed by atoms with van der Waals surface area (Å²) in [6.07, 6.45) is 1.04. The molecule has 1 unspecified atom stereocenters. The van der Waals surface area contributed by atoms with E-state index in [1.165, 1.54) is 4.31 Å². The molecular weight excluding hydrogens is 416 g/mol. The lowest BCUT2D eigenvalue weighted by atomic mass is 9.97. The van der Waals surface area contributed by atoms with Gasteiger partial charge in [0.2, 0.25) is 15.9 Å². The highest BCUT2D eigenvalue weighted by Gasteiger charge is 2.31. The number of nitrogens with one attached hydrogen (secondary N) is 1. The van der Waals surface area contributed by atoms with Crippen molar-refractivity contribution in [1.82, 2.24) is 9.62 Å². The summed E-state index contributed by atoms with van der Waals surface area (Å²) in [6.45, 7) is 2.97. The van der Waals surface area contributed by atoms with Gasteiger partial charge in [0.1, 0.15) is 18.1 Å². The van der Waals surface area contributed by atoms with Crippen LogP contribution in [0.1, 0.15) is 25.3 Å². The number of benzene rings is 2. The fourth-order valence-corrected chi connectivity index (χ4v) is 5.13. The van der Waals surface area contributed by atoms with Crippen LogP contribution < -0.4 is 14.8 Å². The van der Waals surface area contributed by atoms with Crippen LogP contribution in [0.25, 0.3) is 0 Å². The van der Waals surface area contributed by atoms with Gasteiger partial charge in [0.15, 0.2) is 0 Å². The Labute approximate surface area is 184 Å². The molecule has 1 heterocycles. The van der Waals surface area contributed by atoms with Crippen molar-refractivity contribution >= 4 is 15.9 Å². The highest BCUT2D eigenvalue weighted by atomic mass is 32.2. The third kappa shape index (κ3) is 6.70. The molecule has 1 saturated heterocycles. The molecule has 2 aromatic rings. The molecule has 168 valence electrons. The van der Waals surface area contributed by atoms with Crippen molar-refractivity contribution in [2.24, 2.45) is 5.92 Å². The number of hydrogen-bond acceptors (Lipinski definition) is 5. The summed E-state index contributed by atoms with van der Waals surface area (Å²) in [5, 5.41) is 2.98. The van der Waals surface area contributed by atoms with Crippen molar-refractivity contribution in [2.75, 3.05) is 26.8 Å². The Hall–Kier alpha value is -2.58. The average molecular weight is 447 g/mol. The molecule has 1 N–H and O–H groups in total. The zero-order chi connectivity index (χ0) is 22.3. The zero-order valence-electron chi connectivity index (χ0n) is 18.0. The van der Waals surface area contributed by atoms with E-state index < -0.39 is 10.0 Å². The molecule has 0 saturated carbocycles. The minimum atomic E-state index is -3.38. The molecule has 0 aromatic heterocycles. The monoisotopic (exact) mass is 446 g/mol. The summed E-state index contributed by atoms with van der Waals surface area (Å²) in [4.78, 5) is 12.6. The van der Waals surface area contributed by atoms with Gasteiger partial charge in [-0.15, -0.1) is 0 Å². The van der Waals surface area contributed by atoms with Crippen LogP contribution in [-0.2, 0) is 20.6 Å². The molecule has 1 amide bonds. The number of methoxy groups -OCH3 is 1. The van der Waals surface area contributed by atoms with Crippen molar-refractivity contribution in [3.05, 3.63) is 60.2 Å². The van der Waals surface area contributed by atoms with Gasteiger partial charge < -0.3 is 14.8 Å². The number of sulfonamides is 1. The summed E-state index contributed by atoms with van der Waals surface area (Å²) in [5.41, 5.74) is 0.771. The van der Waals surface area contributed by atoms with E-state index in [0.29, 0.717) is 38.3 Å². The third-order valence-electron chi connectivity index (χ3n) is 5.36. The van der Waals surface area contributed by atoms with Gasteiger partial charge in [-0.3, -0.25) is 4.79 Å². The Bertz CT molecular complexity index is 940. The van der Waals surface area contributed by atoms with E-state index in [4.69, 9.17) is 9.47 Å². The molecule has 3 rings (SSSR count). The number of hydrogen-bond donors (Lipinski definition) is 1. The maximum absolute atomic E-state index is 12.7. The summed E-state index contributed by atoms with van der Waals surface area (Å²) < 4.78 is 37.7. The average Bonchev–Trinajstić information content (AvgIpc) is 2.78. The van der Waals surface area contributed by atoms with E-state index in [1.807, 2.05) is 61.5 Å². The topological polar surface area (TPSA) is 84.9 Å². The minimum Gasteiger partial charge on any atom is -0.497 e. The van der Waals surface area contributed by atoms with E-state index in [1.54, 1.807) is 7.11 Å². The Morgan fingerprint density at radius 3 is 2.29 bits per heavy atom. The number of carbonyl (C=O) groups excluding carboxylic acids is 1. The molecule has 1 aliphatic heterocycles. The third-order valence-corrected chi connectivity index (χ3v) is 7.21. The largest absolute Gasteiger partial charge is 0.497 e. The number of rotatable bonds is 9. The second-order valence-electron chi connectivity index (χ2n) is 7.81. The maximum atomic E-state index is 12.7. The Morgan fingerprint density at radius 1 is 1.06 bits per heavy atom. The first-order chi connectivity index (χ1) is 14.9. The van der Waals surface area contributed by atoms with E-state index >= 15 is 0 Å². The lowest BCUT2D eigenvalue weighted by molar-refractivity contribution is -0.126. The van der Waals surface area contributed by atoms with Gasteiger partial charge in [0, 0.05) is 19.0 Å². The van der Waals surface area contributed by atoms with Crippen molar-refractivity contribution in [3.8, 4) is 11.5 Å². The van der Waals surface area contributed by atoms with E-state index in [-0.39, 0.29) is 23.6 Å². The fraction of sp³-hybridized carbons (Fsp3) is 0.435. The molecular formula is C23H30N2O5S. The van der Waals surface area contributed by atoms with Gasteiger partial charge in [-0.05, 0) is 49.6 Å². The highest BCUT2D eigenvalue weighted by Crippen LogP contribution is 2.22. The second-order valence-corrected chi connectivity index (χ2v) is 9.78. The molecule has 7 nitrogen and oxygen atoms in total. The first kappa shape index (κ1) is 23.1. The van der Waals surface area contributed by atoms with Crippen molar-refractivity contribution < 1.29 is 22.7 Å². The Balaban J connectivity index is 1.42. The van der Waals surface area contributed by atoms with Gasteiger partial charge in [-0.25, -0.2) is 12.7 Å². The van der Waals surface area contributed by atoms with Crippen molar-refractivity contribution in [2.45, 2.75) is 31.6 Å². The predicted octanol–water partition coefficient (Wildman–Crippen LogP) is 2.82. The lowest BCUT2D eigenvalue weighted by Gasteiger charge is -2.31. The predicted molar refractivity (Wildman–Crippen MR) is 119 cm³/mol. The van der Waals surface area contributed by atoms with Crippen LogP contribution in [0.4, 0.5) is 0 Å².